The molecule has 0 fully saturated rings. The fraction of sp³-hybridized carbons (Fsp3) is 0.423. The van der Waals surface area contributed by atoms with E-state index < -0.39 is 29.7 Å². The molecule has 2 heterocycles. The van der Waals surface area contributed by atoms with Gasteiger partial charge in [0.1, 0.15) is 17.9 Å². The van der Waals surface area contributed by atoms with E-state index >= 15 is 0 Å². The van der Waals surface area contributed by atoms with E-state index in [0.29, 0.717) is 17.6 Å². The Balaban J connectivity index is 2.01. The third kappa shape index (κ3) is 6.41. The van der Waals surface area contributed by atoms with Crippen molar-refractivity contribution in [2.45, 2.75) is 50.9 Å². The maximum atomic E-state index is 12.5. The first-order valence-electron chi connectivity index (χ1n) is 11.9. The Labute approximate surface area is 215 Å². The molecule has 3 atom stereocenters. The van der Waals surface area contributed by atoms with Crippen LogP contribution < -0.4 is 5.73 Å². The zero-order valence-electron chi connectivity index (χ0n) is 21.1. The van der Waals surface area contributed by atoms with Crippen molar-refractivity contribution in [2.75, 3.05) is 26.1 Å². The lowest BCUT2D eigenvalue weighted by atomic mass is 9.92. The van der Waals surface area contributed by atoms with Crippen LogP contribution in [0.15, 0.2) is 48.8 Å². The standard InChI is InChI=1S/C26H31N5O6/c1-4-21(32)36-23(19-11-12-20-25(28)29-17-30-31(19)20)24(37-22(33)5-2)26(15-27,34-3)16-35-14-13-18-9-7-6-8-10-18/h6-12,17,23-24H,4-5,13-14,16H2,1-3H3,(H2,28,29,30)/t23-,24-,26+/m0/s1. The fourth-order valence-electron chi connectivity index (χ4n) is 3.77. The number of rotatable bonds is 13. The number of hydrogen-bond acceptors (Lipinski definition) is 10. The van der Waals surface area contributed by atoms with Crippen molar-refractivity contribution in [3.8, 4) is 6.07 Å². The number of aromatic nitrogens is 3. The van der Waals surface area contributed by atoms with Crippen molar-refractivity contribution in [1.29, 1.82) is 5.26 Å². The summed E-state index contributed by atoms with van der Waals surface area (Å²) in [5.74, 6) is -0.988. The average molecular weight is 510 g/mol. The van der Waals surface area contributed by atoms with Crippen molar-refractivity contribution in [3.63, 3.8) is 0 Å². The van der Waals surface area contributed by atoms with Gasteiger partial charge >= 0.3 is 11.9 Å². The van der Waals surface area contributed by atoms with Crippen LogP contribution in [0.25, 0.3) is 5.52 Å². The number of nitriles is 1. The molecule has 0 aliphatic heterocycles. The summed E-state index contributed by atoms with van der Waals surface area (Å²) in [6, 6.07) is 15.1. The molecule has 196 valence electrons. The average Bonchev–Trinajstić information content (AvgIpc) is 3.37. The van der Waals surface area contributed by atoms with Crippen molar-refractivity contribution in [1.82, 2.24) is 14.6 Å². The summed E-state index contributed by atoms with van der Waals surface area (Å²) in [7, 11) is 1.31. The highest BCUT2D eigenvalue weighted by Gasteiger charge is 2.50. The second-order valence-electron chi connectivity index (χ2n) is 8.22. The molecule has 37 heavy (non-hydrogen) atoms. The maximum Gasteiger partial charge on any atom is 0.306 e. The Bertz CT molecular complexity index is 1240. The topological polar surface area (TPSA) is 151 Å². The molecular weight excluding hydrogens is 478 g/mol. The van der Waals surface area contributed by atoms with Crippen molar-refractivity contribution in [2.24, 2.45) is 0 Å². The second-order valence-corrected chi connectivity index (χ2v) is 8.22. The smallest absolute Gasteiger partial charge is 0.306 e. The van der Waals surface area contributed by atoms with Gasteiger partial charge < -0.3 is 24.7 Å². The van der Waals surface area contributed by atoms with E-state index in [0.717, 1.165) is 5.56 Å². The van der Waals surface area contributed by atoms with Crippen LogP contribution in [0.4, 0.5) is 5.82 Å². The van der Waals surface area contributed by atoms with Gasteiger partial charge in [0.15, 0.2) is 18.0 Å². The third-order valence-corrected chi connectivity index (χ3v) is 5.88. The number of esters is 2. The van der Waals surface area contributed by atoms with Crippen LogP contribution in [-0.4, -0.2) is 58.6 Å². The van der Waals surface area contributed by atoms with Gasteiger partial charge in [-0.15, -0.1) is 0 Å². The number of anilines is 1. The number of benzene rings is 1. The summed E-state index contributed by atoms with van der Waals surface area (Å²) < 4.78 is 24.4. The molecule has 3 aromatic rings. The van der Waals surface area contributed by atoms with Crippen LogP contribution in [0.2, 0.25) is 0 Å². The number of carbonyl (C=O) groups excluding carboxylic acids is 2. The summed E-state index contributed by atoms with van der Waals surface area (Å²) in [6.45, 7) is 3.27. The van der Waals surface area contributed by atoms with Gasteiger partial charge in [-0.1, -0.05) is 44.2 Å². The lowest BCUT2D eigenvalue weighted by molar-refractivity contribution is -0.197. The SMILES string of the molecule is CCC(=O)O[C@@H](c1ccc2c(N)ncnn12)[C@H](OC(=O)CC)[C@@](C#N)(COCCc1ccccc1)OC. The Morgan fingerprint density at radius 2 is 1.81 bits per heavy atom. The highest BCUT2D eigenvalue weighted by atomic mass is 16.6. The Kier molecular flexibility index (Phi) is 9.54. The van der Waals surface area contributed by atoms with Crippen molar-refractivity contribution < 1.29 is 28.5 Å². The Morgan fingerprint density at radius 1 is 1.11 bits per heavy atom. The van der Waals surface area contributed by atoms with Crippen molar-refractivity contribution in [3.05, 3.63) is 60.0 Å². The molecule has 0 amide bonds. The first-order valence-corrected chi connectivity index (χ1v) is 11.9. The number of nitrogens with zero attached hydrogens (tertiary/aromatic N) is 4. The first kappa shape index (κ1) is 27.6. The van der Waals surface area contributed by atoms with E-state index in [1.54, 1.807) is 26.0 Å². The molecule has 0 radical (unpaired) electrons. The van der Waals surface area contributed by atoms with Crippen molar-refractivity contribution >= 4 is 23.3 Å². The van der Waals surface area contributed by atoms with Crippen LogP contribution in [0.1, 0.15) is 44.1 Å². The Morgan fingerprint density at radius 3 is 2.46 bits per heavy atom. The van der Waals surface area contributed by atoms with Crippen LogP contribution >= 0.6 is 0 Å². The minimum Gasteiger partial charge on any atom is -0.454 e. The van der Waals surface area contributed by atoms with E-state index in [9.17, 15) is 14.9 Å². The fourth-order valence-corrected chi connectivity index (χ4v) is 3.77. The van der Waals surface area contributed by atoms with Gasteiger partial charge in [0.05, 0.1) is 18.9 Å². The molecular formula is C26H31N5O6. The normalized spacial score (nSPS) is 14.3. The number of ether oxygens (including phenoxy) is 4. The van der Waals surface area contributed by atoms with E-state index in [1.807, 2.05) is 30.3 Å². The van der Waals surface area contributed by atoms with Gasteiger partial charge in [0.25, 0.3) is 0 Å². The summed E-state index contributed by atoms with van der Waals surface area (Å²) >= 11 is 0. The summed E-state index contributed by atoms with van der Waals surface area (Å²) in [4.78, 5) is 29.0. The molecule has 0 bridgehead atoms. The minimum absolute atomic E-state index is 0.0229. The van der Waals surface area contributed by atoms with Gasteiger partial charge in [0, 0.05) is 20.0 Å². The zero-order chi connectivity index (χ0) is 26.8. The molecule has 0 unspecified atom stereocenters. The molecule has 0 aliphatic carbocycles. The highest BCUT2D eigenvalue weighted by molar-refractivity contribution is 5.71. The first-order chi connectivity index (χ1) is 17.9. The van der Waals surface area contributed by atoms with E-state index in [2.05, 4.69) is 16.2 Å². The predicted octanol–water partition coefficient (Wildman–Crippen LogP) is 2.80. The van der Waals surface area contributed by atoms with E-state index in [-0.39, 0.29) is 31.9 Å². The molecule has 0 aliphatic rings. The minimum atomic E-state index is -1.82. The van der Waals surface area contributed by atoms with E-state index in [1.165, 1.54) is 18.0 Å². The number of fused-ring (bicyclic) bond motifs is 1. The van der Waals surface area contributed by atoms with Crippen LogP contribution in [0, 0.1) is 11.3 Å². The largest absolute Gasteiger partial charge is 0.454 e. The number of carbonyl (C=O) groups is 2. The maximum absolute atomic E-state index is 12.5. The van der Waals surface area contributed by atoms with Gasteiger partial charge in [-0.05, 0) is 24.1 Å². The lowest BCUT2D eigenvalue weighted by Crippen LogP contribution is -2.53. The molecule has 11 nitrogen and oxygen atoms in total. The van der Waals surface area contributed by atoms with Crippen LogP contribution in [0.5, 0.6) is 0 Å². The van der Waals surface area contributed by atoms with Gasteiger partial charge in [0.2, 0.25) is 5.60 Å². The number of nitrogens with two attached hydrogens (primary N) is 1. The second kappa shape index (κ2) is 12.8. The molecule has 3 rings (SSSR count). The molecule has 0 spiro atoms. The lowest BCUT2D eigenvalue weighted by Gasteiger charge is -2.37. The van der Waals surface area contributed by atoms with Crippen LogP contribution in [-0.2, 0) is 35.0 Å². The van der Waals surface area contributed by atoms with Crippen LogP contribution in [0.3, 0.4) is 0 Å². The monoisotopic (exact) mass is 509 g/mol. The summed E-state index contributed by atoms with van der Waals surface area (Å²) in [5, 5.41) is 14.5. The highest BCUT2D eigenvalue weighted by Crippen LogP contribution is 2.35. The summed E-state index contributed by atoms with van der Waals surface area (Å²) in [6.07, 6.45) is -0.744. The molecule has 0 saturated carbocycles. The zero-order valence-corrected chi connectivity index (χ0v) is 21.1. The van der Waals surface area contributed by atoms with Gasteiger partial charge in [-0.3, -0.25) is 9.59 Å². The molecule has 11 heteroatoms. The summed E-state index contributed by atoms with van der Waals surface area (Å²) in [5.41, 5.74) is 6.00. The number of methoxy groups -OCH3 is 1. The predicted molar refractivity (Wildman–Crippen MR) is 133 cm³/mol. The molecule has 1 aromatic carbocycles. The third-order valence-electron chi connectivity index (χ3n) is 5.88. The van der Waals surface area contributed by atoms with E-state index in [4.69, 9.17) is 24.7 Å². The number of nitrogen functional groups attached to an aromatic ring is 1. The Hall–Kier alpha value is -4.01. The van der Waals surface area contributed by atoms with Gasteiger partial charge in [-0.25, -0.2) is 9.50 Å². The molecule has 2 aromatic heterocycles. The quantitative estimate of drug-likeness (QED) is 0.269. The van der Waals surface area contributed by atoms with Gasteiger partial charge in [-0.2, -0.15) is 10.4 Å². The molecule has 0 saturated heterocycles. The molecule has 2 N–H and O–H groups in total. The number of hydrogen-bond donors (Lipinski definition) is 1.